The van der Waals surface area contributed by atoms with Crippen LogP contribution in [0.15, 0.2) is 18.2 Å². The Morgan fingerprint density at radius 1 is 1.56 bits per heavy atom. The molecule has 0 radical (unpaired) electrons. The van der Waals surface area contributed by atoms with Crippen LogP contribution in [-0.4, -0.2) is 23.6 Å². The molecular weight excluding hydrogens is 204 g/mol. The fourth-order valence-electron chi connectivity index (χ4n) is 1.92. The second-order valence-electron chi connectivity index (χ2n) is 4.14. The maximum atomic E-state index is 11.8. The van der Waals surface area contributed by atoms with E-state index in [1.54, 1.807) is 18.2 Å². The van der Waals surface area contributed by atoms with Crippen LogP contribution in [-0.2, 0) is 4.79 Å². The first-order chi connectivity index (χ1) is 7.66. The molecule has 1 aliphatic rings. The first kappa shape index (κ1) is 11.0. The van der Waals surface area contributed by atoms with E-state index in [2.05, 4.69) is 10.6 Å². The number of amides is 1. The van der Waals surface area contributed by atoms with Gasteiger partial charge in [-0.15, -0.1) is 0 Å². The molecule has 4 heteroatoms. The number of aromatic hydroxyl groups is 1. The van der Waals surface area contributed by atoms with Gasteiger partial charge in [0.25, 0.3) is 0 Å². The summed E-state index contributed by atoms with van der Waals surface area (Å²) < 4.78 is 0. The van der Waals surface area contributed by atoms with Crippen molar-refractivity contribution in [2.45, 2.75) is 25.8 Å². The van der Waals surface area contributed by atoms with Gasteiger partial charge < -0.3 is 15.7 Å². The molecule has 1 aromatic rings. The van der Waals surface area contributed by atoms with E-state index in [1.165, 1.54) is 0 Å². The van der Waals surface area contributed by atoms with Gasteiger partial charge in [0.05, 0.1) is 6.04 Å². The van der Waals surface area contributed by atoms with Crippen LogP contribution in [0.3, 0.4) is 0 Å². The number of hydrogen-bond donors (Lipinski definition) is 3. The lowest BCUT2D eigenvalue weighted by molar-refractivity contribution is -0.117. The monoisotopic (exact) mass is 220 g/mol. The molecule has 1 heterocycles. The smallest absolute Gasteiger partial charge is 0.241 e. The zero-order valence-corrected chi connectivity index (χ0v) is 9.29. The summed E-state index contributed by atoms with van der Waals surface area (Å²) in [6, 6.07) is 4.85. The van der Waals surface area contributed by atoms with E-state index < -0.39 is 0 Å². The van der Waals surface area contributed by atoms with Gasteiger partial charge in [0.15, 0.2) is 0 Å². The van der Waals surface area contributed by atoms with E-state index >= 15 is 0 Å². The Hall–Kier alpha value is -1.55. The number of aryl methyl sites for hydroxylation is 1. The number of rotatable bonds is 2. The average Bonchev–Trinajstić information content (AvgIpc) is 2.75. The molecule has 1 saturated heterocycles. The van der Waals surface area contributed by atoms with Gasteiger partial charge in [-0.1, -0.05) is 0 Å². The number of phenolic OH excluding ortho intramolecular Hbond substituents is 1. The van der Waals surface area contributed by atoms with Crippen molar-refractivity contribution in [3.05, 3.63) is 23.8 Å². The van der Waals surface area contributed by atoms with E-state index in [4.69, 9.17) is 0 Å². The van der Waals surface area contributed by atoms with Crippen LogP contribution in [0.4, 0.5) is 5.69 Å². The van der Waals surface area contributed by atoms with Crippen molar-refractivity contribution in [3.8, 4) is 5.75 Å². The predicted molar refractivity (Wildman–Crippen MR) is 62.5 cm³/mol. The maximum Gasteiger partial charge on any atom is 0.241 e. The second-order valence-corrected chi connectivity index (χ2v) is 4.14. The zero-order chi connectivity index (χ0) is 11.5. The fraction of sp³-hybridized carbons (Fsp3) is 0.417. The topological polar surface area (TPSA) is 61.4 Å². The Morgan fingerprint density at radius 3 is 3.00 bits per heavy atom. The van der Waals surface area contributed by atoms with Crippen LogP contribution in [0.25, 0.3) is 0 Å². The highest BCUT2D eigenvalue weighted by Gasteiger charge is 2.22. The molecule has 1 aromatic carbocycles. The predicted octanol–water partition coefficient (Wildman–Crippen LogP) is 1.39. The van der Waals surface area contributed by atoms with Crippen molar-refractivity contribution in [3.63, 3.8) is 0 Å². The number of hydrogen-bond acceptors (Lipinski definition) is 3. The van der Waals surface area contributed by atoms with Crippen LogP contribution in [0, 0.1) is 6.92 Å². The van der Waals surface area contributed by atoms with Crippen molar-refractivity contribution in [2.24, 2.45) is 0 Å². The number of anilines is 1. The van der Waals surface area contributed by atoms with Gasteiger partial charge in [-0.05, 0) is 50.1 Å². The average molecular weight is 220 g/mol. The summed E-state index contributed by atoms with van der Waals surface area (Å²) in [6.07, 6.45) is 1.94. The molecule has 16 heavy (non-hydrogen) atoms. The summed E-state index contributed by atoms with van der Waals surface area (Å²) in [4.78, 5) is 11.8. The van der Waals surface area contributed by atoms with E-state index in [9.17, 15) is 9.90 Å². The van der Waals surface area contributed by atoms with Gasteiger partial charge in [-0.3, -0.25) is 4.79 Å². The molecule has 86 valence electrons. The van der Waals surface area contributed by atoms with E-state index in [1.807, 2.05) is 6.92 Å². The molecular formula is C12H16N2O2. The summed E-state index contributed by atoms with van der Waals surface area (Å²) in [6.45, 7) is 2.77. The van der Waals surface area contributed by atoms with Gasteiger partial charge in [-0.25, -0.2) is 0 Å². The Kier molecular flexibility index (Phi) is 3.10. The van der Waals surface area contributed by atoms with Crippen molar-refractivity contribution >= 4 is 11.6 Å². The van der Waals surface area contributed by atoms with Crippen LogP contribution >= 0.6 is 0 Å². The van der Waals surface area contributed by atoms with Crippen molar-refractivity contribution < 1.29 is 9.90 Å². The maximum absolute atomic E-state index is 11.8. The van der Waals surface area contributed by atoms with Gasteiger partial charge in [0.2, 0.25) is 5.91 Å². The van der Waals surface area contributed by atoms with Crippen LogP contribution in [0.2, 0.25) is 0 Å². The van der Waals surface area contributed by atoms with Gasteiger partial charge in [-0.2, -0.15) is 0 Å². The third-order valence-corrected chi connectivity index (χ3v) is 2.84. The van der Waals surface area contributed by atoms with E-state index in [0.717, 1.165) is 30.6 Å². The number of phenols is 1. The quantitative estimate of drug-likeness (QED) is 0.660. The van der Waals surface area contributed by atoms with E-state index in [-0.39, 0.29) is 17.7 Å². The molecule has 3 N–H and O–H groups in total. The molecule has 1 atom stereocenters. The minimum absolute atomic E-state index is 0.00582. The summed E-state index contributed by atoms with van der Waals surface area (Å²) in [5.74, 6) is 0.223. The molecule has 1 fully saturated rings. The standard InChI is InChI=1S/C12H16N2O2/c1-8-7-9(15)4-5-10(8)14-12(16)11-3-2-6-13-11/h4-5,7,11,13,15H,2-3,6H2,1H3,(H,14,16). The number of nitrogens with one attached hydrogen (secondary N) is 2. The lowest BCUT2D eigenvalue weighted by atomic mass is 10.1. The summed E-state index contributed by atoms with van der Waals surface area (Å²) in [5, 5.41) is 15.3. The van der Waals surface area contributed by atoms with Crippen molar-refractivity contribution in [1.29, 1.82) is 0 Å². The number of benzene rings is 1. The van der Waals surface area contributed by atoms with Crippen LogP contribution in [0.5, 0.6) is 5.75 Å². The first-order valence-corrected chi connectivity index (χ1v) is 5.50. The zero-order valence-electron chi connectivity index (χ0n) is 9.29. The van der Waals surface area contributed by atoms with Crippen molar-refractivity contribution in [1.82, 2.24) is 5.32 Å². The van der Waals surface area contributed by atoms with E-state index in [0.29, 0.717) is 0 Å². The van der Waals surface area contributed by atoms with Crippen LogP contribution < -0.4 is 10.6 Å². The summed E-state index contributed by atoms with van der Waals surface area (Å²) in [5.41, 5.74) is 1.63. The molecule has 2 rings (SSSR count). The normalized spacial score (nSPS) is 19.7. The second kappa shape index (κ2) is 4.53. The lowest BCUT2D eigenvalue weighted by Crippen LogP contribution is -2.35. The molecule has 0 aliphatic carbocycles. The Morgan fingerprint density at radius 2 is 2.38 bits per heavy atom. The number of carbonyl (C=O) groups is 1. The minimum atomic E-state index is -0.0757. The number of carbonyl (C=O) groups excluding carboxylic acids is 1. The minimum Gasteiger partial charge on any atom is -0.508 e. The molecule has 1 unspecified atom stereocenters. The highest BCUT2D eigenvalue weighted by Crippen LogP contribution is 2.20. The first-order valence-electron chi connectivity index (χ1n) is 5.50. The van der Waals surface area contributed by atoms with Gasteiger partial charge in [0.1, 0.15) is 5.75 Å². The summed E-state index contributed by atoms with van der Waals surface area (Å²) >= 11 is 0. The fourth-order valence-corrected chi connectivity index (χ4v) is 1.92. The Balaban J connectivity index is 2.05. The Labute approximate surface area is 94.7 Å². The van der Waals surface area contributed by atoms with Gasteiger partial charge in [0, 0.05) is 5.69 Å². The summed E-state index contributed by atoms with van der Waals surface area (Å²) in [7, 11) is 0. The lowest BCUT2D eigenvalue weighted by Gasteiger charge is -2.12. The highest BCUT2D eigenvalue weighted by atomic mass is 16.3. The molecule has 0 bridgehead atoms. The molecule has 0 spiro atoms. The molecule has 0 aromatic heterocycles. The van der Waals surface area contributed by atoms with Crippen LogP contribution in [0.1, 0.15) is 18.4 Å². The molecule has 0 saturated carbocycles. The molecule has 1 amide bonds. The SMILES string of the molecule is Cc1cc(O)ccc1NC(=O)C1CCCN1. The largest absolute Gasteiger partial charge is 0.508 e. The molecule has 1 aliphatic heterocycles. The Bertz CT molecular complexity index is 398. The van der Waals surface area contributed by atoms with Crippen molar-refractivity contribution in [2.75, 3.05) is 11.9 Å². The third kappa shape index (κ3) is 2.33. The van der Waals surface area contributed by atoms with Gasteiger partial charge >= 0.3 is 0 Å². The third-order valence-electron chi connectivity index (χ3n) is 2.84. The highest BCUT2D eigenvalue weighted by molar-refractivity contribution is 5.95. The molecule has 4 nitrogen and oxygen atoms in total.